The number of anilines is 1. The summed E-state index contributed by atoms with van der Waals surface area (Å²) in [5.74, 6) is 0.479. The number of H-pyrrole nitrogens is 1. The maximum atomic E-state index is 10.2. The lowest BCUT2D eigenvalue weighted by Crippen LogP contribution is -2.18. The second-order valence-corrected chi connectivity index (χ2v) is 8.16. The van der Waals surface area contributed by atoms with Crippen LogP contribution >= 0.6 is 11.6 Å². The third-order valence-electron chi connectivity index (χ3n) is 5.85. The zero-order valence-electron chi connectivity index (χ0n) is 17.1. The number of allylic oxidation sites excluding steroid dienone is 2. The van der Waals surface area contributed by atoms with Gasteiger partial charge < -0.3 is 5.32 Å². The molecule has 0 aliphatic carbocycles. The second-order valence-electron chi connectivity index (χ2n) is 7.76. The molecule has 1 aliphatic rings. The SMILES string of the molecule is CCCC1=C(C#N)C(c2ccccc2Cl)c2c(n[nH]c2-c2ccc3ccccc3c2)N1. The molecule has 1 unspecified atom stereocenters. The summed E-state index contributed by atoms with van der Waals surface area (Å²) < 4.78 is 0. The van der Waals surface area contributed by atoms with Crippen LogP contribution in [0.4, 0.5) is 5.82 Å². The Kier molecular flexibility index (Phi) is 4.97. The minimum Gasteiger partial charge on any atom is -0.341 e. The van der Waals surface area contributed by atoms with Gasteiger partial charge in [0.05, 0.1) is 23.3 Å². The molecule has 31 heavy (non-hydrogen) atoms. The van der Waals surface area contributed by atoms with E-state index in [1.807, 2.05) is 36.4 Å². The Hall–Kier alpha value is -3.55. The van der Waals surface area contributed by atoms with Crippen molar-refractivity contribution in [2.75, 3.05) is 5.32 Å². The zero-order chi connectivity index (χ0) is 21.4. The number of aromatic amines is 1. The summed E-state index contributed by atoms with van der Waals surface area (Å²) in [6.07, 6.45) is 1.71. The highest BCUT2D eigenvalue weighted by molar-refractivity contribution is 6.31. The van der Waals surface area contributed by atoms with E-state index in [0.717, 1.165) is 52.1 Å². The van der Waals surface area contributed by atoms with Crippen molar-refractivity contribution in [2.24, 2.45) is 0 Å². The molecule has 0 bridgehead atoms. The number of nitriles is 1. The van der Waals surface area contributed by atoms with Gasteiger partial charge in [-0.05, 0) is 34.9 Å². The van der Waals surface area contributed by atoms with E-state index >= 15 is 0 Å². The lowest BCUT2D eigenvalue weighted by Gasteiger charge is -2.27. The van der Waals surface area contributed by atoms with Crippen LogP contribution in [0, 0.1) is 11.3 Å². The van der Waals surface area contributed by atoms with Crippen LogP contribution in [0.1, 0.15) is 36.8 Å². The topological polar surface area (TPSA) is 64.5 Å². The molecule has 1 atom stereocenters. The van der Waals surface area contributed by atoms with Gasteiger partial charge in [-0.1, -0.05) is 79.5 Å². The fourth-order valence-corrected chi connectivity index (χ4v) is 4.66. The predicted molar refractivity (Wildman–Crippen MR) is 126 cm³/mol. The van der Waals surface area contributed by atoms with Crippen LogP contribution < -0.4 is 5.32 Å². The van der Waals surface area contributed by atoms with Gasteiger partial charge in [0.2, 0.25) is 0 Å². The maximum absolute atomic E-state index is 10.2. The molecule has 4 aromatic rings. The molecular formula is C26H21ClN4. The average molecular weight is 425 g/mol. The Morgan fingerprint density at radius 1 is 1.03 bits per heavy atom. The molecule has 2 N–H and O–H groups in total. The summed E-state index contributed by atoms with van der Waals surface area (Å²) in [7, 11) is 0. The first-order valence-electron chi connectivity index (χ1n) is 10.4. The summed E-state index contributed by atoms with van der Waals surface area (Å²) in [5.41, 5.74) is 5.43. The largest absolute Gasteiger partial charge is 0.341 e. The quantitative estimate of drug-likeness (QED) is 0.370. The highest BCUT2D eigenvalue weighted by Gasteiger charge is 2.35. The molecule has 4 nitrogen and oxygen atoms in total. The van der Waals surface area contributed by atoms with Gasteiger partial charge in [-0.3, -0.25) is 5.10 Å². The highest BCUT2D eigenvalue weighted by Crippen LogP contribution is 2.47. The Bertz CT molecular complexity index is 1360. The fourth-order valence-electron chi connectivity index (χ4n) is 4.42. The Labute approximate surface area is 186 Å². The summed E-state index contributed by atoms with van der Waals surface area (Å²) >= 11 is 6.63. The van der Waals surface area contributed by atoms with Crippen LogP contribution in [-0.4, -0.2) is 10.2 Å². The number of hydrogen-bond acceptors (Lipinski definition) is 3. The van der Waals surface area contributed by atoms with E-state index in [0.29, 0.717) is 10.6 Å². The van der Waals surface area contributed by atoms with Crippen LogP contribution in [0.15, 0.2) is 78.0 Å². The Morgan fingerprint density at radius 2 is 1.81 bits per heavy atom. The second kappa shape index (κ2) is 7.94. The molecule has 2 heterocycles. The minimum absolute atomic E-state index is 0.281. The van der Waals surface area contributed by atoms with Crippen molar-refractivity contribution in [2.45, 2.75) is 25.7 Å². The van der Waals surface area contributed by atoms with Crippen LogP contribution in [-0.2, 0) is 0 Å². The van der Waals surface area contributed by atoms with Gasteiger partial charge in [-0.2, -0.15) is 10.4 Å². The summed E-state index contributed by atoms with van der Waals surface area (Å²) in [6.45, 7) is 2.11. The molecule has 3 aromatic carbocycles. The molecule has 1 aromatic heterocycles. The van der Waals surface area contributed by atoms with Crippen molar-refractivity contribution in [3.8, 4) is 17.3 Å². The third kappa shape index (κ3) is 3.28. The number of rotatable bonds is 4. The molecule has 0 fully saturated rings. The molecule has 0 spiro atoms. The van der Waals surface area contributed by atoms with E-state index in [4.69, 9.17) is 11.6 Å². The molecule has 0 saturated heterocycles. The first kappa shape index (κ1) is 19.4. The molecular weight excluding hydrogens is 404 g/mol. The maximum Gasteiger partial charge on any atom is 0.156 e. The van der Waals surface area contributed by atoms with E-state index < -0.39 is 0 Å². The molecule has 5 rings (SSSR count). The van der Waals surface area contributed by atoms with Crippen LogP contribution in [0.3, 0.4) is 0 Å². The summed E-state index contributed by atoms with van der Waals surface area (Å²) in [6, 6.07) is 24.9. The molecule has 1 aliphatic heterocycles. The van der Waals surface area contributed by atoms with Crippen molar-refractivity contribution in [1.82, 2.24) is 10.2 Å². The van der Waals surface area contributed by atoms with Crippen LogP contribution in [0.25, 0.3) is 22.0 Å². The monoisotopic (exact) mass is 424 g/mol. The van der Waals surface area contributed by atoms with Gasteiger partial charge in [0.1, 0.15) is 0 Å². The number of hydrogen-bond donors (Lipinski definition) is 2. The molecule has 0 amide bonds. The Morgan fingerprint density at radius 3 is 2.58 bits per heavy atom. The van der Waals surface area contributed by atoms with Gasteiger partial charge in [0.15, 0.2) is 5.82 Å². The number of aromatic nitrogens is 2. The van der Waals surface area contributed by atoms with Crippen LogP contribution in [0.2, 0.25) is 5.02 Å². The first-order valence-corrected chi connectivity index (χ1v) is 10.8. The summed E-state index contributed by atoms with van der Waals surface area (Å²) in [4.78, 5) is 0. The van der Waals surface area contributed by atoms with Crippen molar-refractivity contribution in [3.05, 3.63) is 94.1 Å². The lowest BCUT2D eigenvalue weighted by molar-refractivity contribution is 0.849. The van der Waals surface area contributed by atoms with Crippen molar-refractivity contribution < 1.29 is 0 Å². The van der Waals surface area contributed by atoms with Gasteiger partial charge in [-0.25, -0.2) is 0 Å². The van der Waals surface area contributed by atoms with Crippen molar-refractivity contribution >= 4 is 28.2 Å². The van der Waals surface area contributed by atoms with Gasteiger partial charge in [0, 0.05) is 21.8 Å². The molecule has 5 heteroatoms. The standard InChI is InChI=1S/C26H21ClN4/c1-2-7-22-20(15-28)23(19-10-5-6-11-21(19)27)24-25(30-31-26(24)29-22)18-13-12-16-8-3-4-9-17(16)14-18/h3-6,8-14,23H,2,7H2,1H3,(H2,29,30,31). The van der Waals surface area contributed by atoms with E-state index in [1.54, 1.807) is 0 Å². The van der Waals surface area contributed by atoms with Crippen molar-refractivity contribution in [3.63, 3.8) is 0 Å². The lowest BCUT2D eigenvalue weighted by atomic mass is 9.80. The van der Waals surface area contributed by atoms with Crippen molar-refractivity contribution in [1.29, 1.82) is 5.26 Å². The Balaban J connectivity index is 1.75. The summed E-state index contributed by atoms with van der Waals surface area (Å²) in [5, 5.41) is 24.4. The molecule has 0 saturated carbocycles. The third-order valence-corrected chi connectivity index (χ3v) is 6.19. The smallest absolute Gasteiger partial charge is 0.156 e. The number of nitrogens with one attached hydrogen (secondary N) is 2. The molecule has 0 radical (unpaired) electrons. The predicted octanol–water partition coefficient (Wildman–Crippen LogP) is 7.02. The van der Waals surface area contributed by atoms with Gasteiger partial charge in [-0.15, -0.1) is 0 Å². The van der Waals surface area contributed by atoms with Crippen LogP contribution in [0.5, 0.6) is 0 Å². The fraction of sp³-hybridized carbons (Fsp3) is 0.154. The van der Waals surface area contributed by atoms with E-state index in [2.05, 4.69) is 58.8 Å². The van der Waals surface area contributed by atoms with Gasteiger partial charge in [0.25, 0.3) is 0 Å². The number of halogens is 1. The number of benzene rings is 3. The highest BCUT2D eigenvalue weighted by atomic mass is 35.5. The van der Waals surface area contributed by atoms with Gasteiger partial charge >= 0.3 is 0 Å². The van der Waals surface area contributed by atoms with E-state index in [9.17, 15) is 5.26 Å². The van der Waals surface area contributed by atoms with E-state index in [1.165, 1.54) is 5.39 Å². The number of nitrogens with zero attached hydrogens (tertiary/aromatic N) is 2. The first-order chi connectivity index (χ1) is 15.2. The minimum atomic E-state index is -0.281. The normalized spacial score (nSPS) is 15.5. The molecule has 152 valence electrons. The average Bonchev–Trinajstić information content (AvgIpc) is 3.22. The number of fused-ring (bicyclic) bond motifs is 2. The van der Waals surface area contributed by atoms with E-state index in [-0.39, 0.29) is 5.92 Å². The zero-order valence-corrected chi connectivity index (χ0v) is 17.9.